The van der Waals surface area contributed by atoms with E-state index < -0.39 is 6.04 Å². The Balaban J connectivity index is 0.00000342. The van der Waals surface area contributed by atoms with Crippen LogP contribution in [-0.4, -0.2) is 53.8 Å². The van der Waals surface area contributed by atoms with Gasteiger partial charge >= 0.3 is 0 Å². The number of carbonyl (C=O) groups is 2. The third kappa shape index (κ3) is 5.48. The zero-order valence-electron chi connectivity index (χ0n) is 21.5. The first-order valence-corrected chi connectivity index (χ1v) is 13.2. The number of likely N-dealkylation sites (tertiary alicyclic amines) is 2. The van der Waals surface area contributed by atoms with Crippen LogP contribution in [0.3, 0.4) is 0 Å². The lowest BCUT2D eigenvalue weighted by Gasteiger charge is -2.48. The van der Waals surface area contributed by atoms with E-state index in [0.717, 1.165) is 69.3 Å². The molecule has 3 aliphatic rings. The summed E-state index contributed by atoms with van der Waals surface area (Å²) in [7, 11) is 0. The van der Waals surface area contributed by atoms with Crippen molar-refractivity contribution in [2.24, 2.45) is 5.41 Å². The zero-order chi connectivity index (χ0) is 24.5. The van der Waals surface area contributed by atoms with Gasteiger partial charge in [0.05, 0.1) is 6.04 Å². The molecule has 0 bridgehead atoms. The van der Waals surface area contributed by atoms with Gasteiger partial charge in [-0.05, 0) is 105 Å². The molecule has 0 unspecified atom stereocenters. The number of rotatable bonds is 4. The second kappa shape index (κ2) is 9.96. The topological polar surface area (TPSA) is 52.7 Å². The molecule has 1 aromatic carbocycles. The van der Waals surface area contributed by atoms with Crippen LogP contribution >= 0.6 is 0 Å². The molecule has 1 N–H and O–H groups in total. The Morgan fingerprint density at radius 1 is 1.12 bits per heavy atom. The van der Waals surface area contributed by atoms with Gasteiger partial charge in [0, 0.05) is 14.9 Å². The average molecular weight is 474 g/mol. The maximum atomic E-state index is 14.4. The molecule has 1 aromatic rings. The van der Waals surface area contributed by atoms with Crippen molar-refractivity contribution in [2.75, 3.05) is 26.2 Å². The average Bonchev–Trinajstić information content (AvgIpc) is 2.80. The summed E-state index contributed by atoms with van der Waals surface area (Å²) >= 11 is 0. The van der Waals surface area contributed by atoms with E-state index in [1.54, 1.807) is 17.9 Å². The van der Waals surface area contributed by atoms with Gasteiger partial charge in [0.15, 0.2) is 0 Å². The van der Waals surface area contributed by atoms with E-state index in [-0.39, 0.29) is 30.5 Å². The molecular weight excluding hydrogens is 429 g/mol. The number of halogens is 1. The molecule has 2 saturated heterocycles. The van der Waals surface area contributed by atoms with E-state index in [4.69, 9.17) is 0 Å². The van der Waals surface area contributed by atoms with Gasteiger partial charge in [0.2, 0.25) is 11.8 Å². The lowest BCUT2D eigenvalue weighted by Crippen LogP contribution is -2.53. The fraction of sp³-hybridized carbons (Fsp3) is 0.714. The molecule has 1 aliphatic carbocycles. The van der Waals surface area contributed by atoms with E-state index in [1.165, 1.54) is 12.5 Å². The van der Waals surface area contributed by atoms with Crippen LogP contribution < -0.4 is 5.32 Å². The Morgan fingerprint density at radius 3 is 2.53 bits per heavy atom. The lowest BCUT2D eigenvalue weighted by molar-refractivity contribution is -0.141. The number of hydrogen-bond donors (Lipinski definition) is 1. The maximum Gasteiger partial charge on any atom is 0.243 e. The molecule has 1 spiro atoms. The predicted octanol–water partition coefficient (Wildman–Crippen LogP) is 5.19. The minimum atomic E-state index is -0.392. The van der Waals surface area contributed by atoms with Crippen molar-refractivity contribution in [3.8, 4) is 0 Å². The standard InChI is InChI=1S/C28H42FN3O2.H2/c1-20(33)32-15-6-5-7-25(32)26(34)30-24-10-11-28(23-19-21(29)8-9-22(23)24)13-17-31(18-14-28)16-12-27(2,3)4;/h8-9,19,24-25H,5-7,10-18H2,1-4H3,(H,30,34);1H/t24-,25+;/m1./s1. The summed E-state index contributed by atoms with van der Waals surface area (Å²) < 4.78 is 14.4. The summed E-state index contributed by atoms with van der Waals surface area (Å²) in [6.45, 7) is 12.2. The van der Waals surface area contributed by atoms with E-state index in [0.29, 0.717) is 18.4 Å². The van der Waals surface area contributed by atoms with Crippen LogP contribution in [0.4, 0.5) is 4.39 Å². The summed E-state index contributed by atoms with van der Waals surface area (Å²) in [6.07, 6.45) is 7.69. The van der Waals surface area contributed by atoms with Crippen LogP contribution in [0.2, 0.25) is 0 Å². The molecule has 2 heterocycles. The molecule has 6 heteroatoms. The minimum Gasteiger partial charge on any atom is -0.347 e. The molecule has 190 valence electrons. The molecule has 5 nitrogen and oxygen atoms in total. The highest BCUT2D eigenvalue weighted by molar-refractivity contribution is 5.87. The molecule has 0 saturated carbocycles. The van der Waals surface area contributed by atoms with Gasteiger partial charge in [0.1, 0.15) is 11.9 Å². The third-order valence-electron chi connectivity index (χ3n) is 8.39. The molecule has 4 rings (SSSR count). The molecule has 2 atom stereocenters. The van der Waals surface area contributed by atoms with Gasteiger partial charge in [-0.1, -0.05) is 26.8 Å². The van der Waals surface area contributed by atoms with Crippen molar-refractivity contribution in [3.63, 3.8) is 0 Å². The number of nitrogens with one attached hydrogen (secondary N) is 1. The fourth-order valence-corrected chi connectivity index (χ4v) is 6.22. The second-order valence-corrected chi connectivity index (χ2v) is 12.0. The van der Waals surface area contributed by atoms with Gasteiger partial charge in [-0.25, -0.2) is 4.39 Å². The number of nitrogens with zero attached hydrogens (tertiary/aromatic N) is 2. The van der Waals surface area contributed by atoms with Gasteiger partial charge in [-0.2, -0.15) is 0 Å². The van der Waals surface area contributed by atoms with Crippen LogP contribution in [-0.2, 0) is 15.0 Å². The van der Waals surface area contributed by atoms with Crippen LogP contribution in [0.15, 0.2) is 18.2 Å². The van der Waals surface area contributed by atoms with Gasteiger partial charge < -0.3 is 15.1 Å². The van der Waals surface area contributed by atoms with Gasteiger partial charge in [-0.15, -0.1) is 0 Å². The molecule has 0 radical (unpaired) electrons. The highest BCUT2D eigenvalue weighted by Gasteiger charge is 2.43. The monoisotopic (exact) mass is 473 g/mol. The first-order valence-electron chi connectivity index (χ1n) is 13.2. The Kier molecular flexibility index (Phi) is 7.37. The minimum absolute atomic E-state index is 0. The van der Waals surface area contributed by atoms with Gasteiger partial charge in [0.25, 0.3) is 0 Å². The number of carbonyl (C=O) groups excluding carboxylic acids is 2. The zero-order valence-corrected chi connectivity index (χ0v) is 21.5. The van der Waals surface area contributed by atoms with E-state index in [2.05, 4.69) is 31.0 Å². The number of benzene rings is 1. The van der Waals surface area contributed by atoms with Crippen LogP contribution in [0.5, 0.6) is 0 Å². The summed E-state index contributed by atoms with van der Waals surface area (Å²) in [6, 6.07) is 4.62. The fourth-order valence-electron chi connectivity index (χ4n) is 6.22. The Bertz CT molecular complexity index is 908. The molecule has 34 heavy (non-hydrogen) atoms. The predicted molar refractivity (Wildman–Crippen MR) is 135 cm³/mol. The Morgan fingerprint density at radius 2 is 1.85 bits per heavy atom. The van der Waals surface area contributed by atoms with Gasteiger partial charge in [-0.3, -0.25) is 9.59 Å². The molecule has 2 aliphatic heterocycles. The van der Waals surface area contributed by atoms with E-state index >= 15 is 0 Å². The van der Waals surface area contributed by atoms with Crippen molar-refractivity contribution in [1.82, 2.24) is 15.1 Å². The largest absolute Gasteiger partial charge is 0.347 e. The Hall–Kier alpha value is -1.95. The number of amides is 2. The first kappa shape index (κ1) is 25.2. The van der Waals surface area contributed by atoms with E-state index in [1.807, 2.05) is 6.07 Å². The van der Waals surface area contributed by atoms with Crippen molar-refractivity contribution in [2.45, 2.75) is 96.6 Å². The quantitative estimate of drug-likeness (QED) is 0.654. The lowest BCUT2D eigenvalue weighted by atomic mass is 9.63. The molecule has 0 aromatic heterocycles. The highest BCUT2D eigenvalue weighted by atomic mass is 19.1. The van der Waals surface area contributed by atoms with Crippen molar-refractivity contribution in [1.29, 1.82) is 0 Å². The number of hydrogen-bond acceptors (Lipinski definition) is 3. The Labute approximate surface area is 205 Å². The molecule has 2 amide bonds. The third-order valence-corrected chi connectivity index (χ3v) is 8.39. The first-order chi connectivity index (χ1) is 16.1. The second-order valence-electron chi connectivity index (χ2n) is 12.0. The van der Waals surface area contributed by atoms with Crippen LogP contribution in [0, 0.1) is 11.2 Å². The van der Waals surface area contributed by atoms with Crippen LogP contribution in [0.1, 0.15) is 97.7 Å². The number of fused-ring (bicyclic) bond motifs is 2. The van der Waals surface area contributed by atoms with Crippen molar-refractivity contribution < 1.29 is 15.4 Å². The molecular formula is C28H44FN3O2. The number of piperidine rings is 2. The SMILES string of the molecule is CC(=O)N1CCCC[C@H]1C(=O)N[C@@H]1CCC2(CCN(CCC(C)(C)C)CC2)c2cc(F)ccc21.[HH]. The summed E-state index contributed by atoms with van der Waals surface area (Å²) in [4.78, 5) is 29.6. The smallest absolute Gasteiger partial charge is 0.243 e. The van der Waals surface area contributed by atoms with E-state index in [9.17, 15) is 14.0 Å². The normalized spacial score (nSPS) is 25.1. The van der Waals surface area contributed by atoms with Crippen molar-refractivity contribution >= 4 is 11.8 Å². The summed E-state index contributed by atoms with van der Waals surface area (Å²) in [5.74, 6) is -0.304. The van der Waals surface area contributed by atoms with Crippen LogP contribution in [0.25, 0.3) is 0 Å². The maximum absolute atomic E-state index is 14.4. The summed E-state index contributed by atoms with van der Waals surface area (Å²) in [5.41, 5.74) is 2.48. The van der Waals surface area contributed by atoms with Crippen molar-refractivity contribution in [3.05, 3.63) is 35.1 Å². The summed E-state index contributed by atoms with van der Waals surface area (Å²) in [5, 5.41) is 3.25. The highest BCUT2D eigenvalue weighted by Crippen LogP contribution is 2.48. The molecule has 2 fully saturated rings.